The Bertz CT molecular complexity index is 921. The SMILES string of the molecule is C=C(C)/C=C(\N=CC)Nc1cc(Cl)c2n(c1=O)C1(CCCCC1F)NC2=O. The van der Waals surface area contributed by atoms with E-state index in [0.29, 0.717) is 25.1 Å². The number of aromatic nitrogens is 1. The molecular formula is C19H22ClFN4O2. The predicted octanol–water partition coefficient (Wildman–Crippen LogP) is 3.73. The number of nitrogens with zero attached hydrogens (tertiary/aromatic N) is 2. The average Bonchev–Trinajstić information content (AvgIpc) is 2.88. The van der Waals surface area contributed by atoms with E-state index in [1.165, 1.54) is 10.6 Å². The molecule has 1 saturated carbocycles. The number of carbonyl (C=O) groups excluding carboxylic acids is 1. The quantitative estimate of drug-likeness (QED) is 0.605. The van der Waals surface area contributed by atoms with E-state index in [4.69, 9.17) is 11.6 Å². The van der Waals surface area contributed by atoms with Crippen LogP contribution in [-0.4, -0.2) is 22.9 Å². The van der Waals surface area contributed by atoms with Crippen molar-refractivity contribution in [1.82, 2.24) is 9.88 Å². The van der Waals surface area contributed by atoms with Gasteiger partial charge in [-0.2, -0.15) is 0 Å². The lowest BCUT2D eigenvalue weighted by Gasteiger charge is -2.38. The molecule has 1 aliphatic carbocycles. The van der Waals surface area contributed by atoms with Crippen LogP contribution in [0.5, 0.6) is 0 Å². The second kappa shape index (κ2) is 7.31. The number of amides is 1. The van der Waals surface area contributed by atoms with Crippen molar-refractivity contribution in [2.24, 2.45) is 4.99 Å². The highest BCUT2D eigenvalue weighted by Crippen LogP contribution is 2.40. The third-order valence-electron chi connectivity index (χ3n) is 4.80. The fourth-order valence-electron chi connectivity index (χ4n) is 3.70. The minimum absolute atomic E-state index is 0.00110. The molecule has 3 rings (SSSR count). The van der Waals surface area contributed by atoms with E-state index in [9.17, 15) is 14.0 Å². The molecule has 1 aromatic rings. The number of pyridine rings is 1. The van der Waals surface area contributed by atoms with Gasteiger partial charge in [0.05, 0.1) is 5.02 Å². The van der Waals surface area contributed by atoms with Crippen molar-refractivity contribution in [2.75, 3.05) is 5.32 Å². The number of rotatable bonds is 4. The number of allylic oxidation sites excluding steroid dienone is 2. The number of alkyl halides is 1. The molecule has 1 spiro atoms. The number of halogens is 2. The first-order chi connectivity index (χ1) is 12.8. The summed E-state index contributed by atoms with van der Waals surface area (Å²) in [7, 11) is 0. The van der Waals surface area contributed by atoms with Crippen LogP contribution in [0, 0.1) is 0 Å². The van der Waals surface area contributed by atoms with Crippen LogP contribution in [0.3, 0.4) is 0 Å². The van der Waals surface area contributed by atoms with Gasteiger partial charge in [-0.05, 0) is 45.3 Å². The zero-order chi connectivity index (χ0) is 19.8. The topological polar surface area (TPSA) is 75.5 Å². The number of nitrogens with one attached hydrogen (secondary N) is 2. The Balaban J connectivity index is 2.16. The van der Waals surface area contributed by atoms with Gasteiger partial charge in [0.2, 0.25) is 0 Å². The molecule has 0 saturated heterocycles. The molecule has 1 fully saturated rings. The molecule has 1 amide bonds. The largest absolute Gasteiger partial charge is 0.336 e. The van der Waals surface area contributed by atoms with Crippen molar-refractivity contribution in [3.63, 3.8) is 0 Å². The van der Waals surface area contributed by atoms with Gasteiger partial charge in [-0.25, -0.2) is 9.38 Å². The highest BCUT2D eigenvalue weighted by molar-refractivity contribution is 6.34. The van der Waals surface area contributed by atoms with Gasteiger partial charge in [0.15, 0.2) is 5.66 Å². The number of carbonyl (C=O) groups is 1. The van der Waals surface area contributed by atoms with Gasteiger partial charge >= 0.3 is 0 Å². The fourth-order valence-corrected chi connectivity index (χ4v) is 3.98. The number of aliphatic imine (C=N–C) groups is 1. The van der Waals surface area contributed by atoms with Gasteiger partial charge in [0.25, 0.3) is 11.5 Å². The van der Waals surface area contributed by atoms with Gasteiger partial charge in [-0.15, -0.1) is 0 Å². The molecule has 0 radical (unpaired) electrons. The van der Waals surface area contributed by atoms with Crippen molar-refractivity contribution >= 4 is 29.4 Å². The summed E-state index contributed by atoms with van der Waals surface area (Å²) < 4.78 is 16.1. The first-order valence-electron chi connectivity index (χ1n) is 8.85. The monoisotopic (exact) mass is 392 g/mol. The van der Waals surface area contributed by atoms with Crippen LogP contribution in [0.2, 0.25) is 5.02 Å². The highest BCUT2D eigenvalue weighted by atomic mass is 35.5. The van der Waals surface area contributed by atoms with Crippen molar-refractivity contribution in [2.45, 2.75) is 51.4 Å². The minimum atomic E-state index is -1.38. The van der Waals surface area contributed by atoms with E-state index in [0.717, 1.165) is 5.57 Å². The molecule has 1 aromatic heterocycles. The van der Waals surface area contributed by atoms with Gasteiger partial charge < -0.3 is 10.6 Å². The fraction of sp³-hybridized carbons (Fsp3) is 0.421. The lowest BCUT2D eigenvalue weighted by Crippen LogP contribution is -2.55. The second-order valence-electron chi connectivity index (χ2n) is 6.88. The molecule has 0 bridgehead atoms. The van der Waals surface area contributed by atoms with Crippen LogP contribution in [0.25, 0.3) is 0 Å². The lowest BCUT2D eigenvalue weighted by molar-refractivity contribution is 0.0432. The van der Waals surface area contributed by atoms with Crippen LogP contribution >= 0.6 is 11.6 Å². The summed E-state index contributed by atoms with van der Waals surface area (Å²) in [6.07, 6.45) is 3.92. The summed E-state index contributed by atoms with van der Waals surface area (Å²) in [5.74, 6) is -0.136. The summed E-state index contributed by atoms with van der Waals surface area (Å²) >= 11 is 6.30. The van der Waals surface area contributed by atoms with Crippen LogP contribution in [-0.2, 0) is 5.66 Å². The molecule has 1 aliphatic heterocycles. The maximum absolute atomic E-state index is 14.9. The number of hydrogen-bond acceptors (Lipinski definition) is 4. The standard InChI is InChI=1S/C19H22ClFN4O2/c1-4-22-15(9-11(2)3)23-13-10-12(20)16-17(26)24-19(25(16)18(13)27)8-6-5-7-14(19)21/h4,9-10,14,23H,2,5-8H2,1,3H3,(H,24,26)/b15-9+,22-4?. The Morgan fingerprint density at radius 1 is 1.52 bits per heavy atom. The predicted molar refractivity (Wildman–Crippen MR) is 105 cm³/mol. The molecule has 2 aliphatic rings. The molecule has 2 heterocycles. The third-order valence-corrected chi connectivity index (χ3v) is 5.08. The van der Waals surface area contributed by atoms with E-state index in [1.54, 1.807) is 26.1 Å². The number of anilines is 1. The van der Waals surface area contributed by atoms with Crippen molar-refractivity contribution in [3.8, 4) is 0 Å². The molecule has 27 heavy (non-hydrogen) atoms. The zero-order valence-corrected chi connectivity index (χ0v) is 16.1. The smallest absolute Gasteiger partial charge is 0.277 e. The van der Waals surface area contributed by atoms with E-state index >= 15 is 0 Å². The number of fused-ring (bicyclic) bond motifs is 2. The van der Waals surface area contributed by atoms with Gasteiger partial charge in [-0.3, -0.25) is 14.2 Å². The first kappa shape index (κ1) is 19.4. The van der Waals surface area contributed by atoms with Gasteiger partial charge in [0, 0.05) is 6.21 Å². The molecule has 2 N–H and O–H groups in total. The lowest BCUT2D eigenvalue weighted by atomic mass is 9.87. The Kier molecular flexibility index (Phi) is 5.24. The summed E-state index contributed by atoms with van der Waals surface area (Å²) in [6.45, 7) is 7.34. The summed E-state index contributed by atoms with van der Waals surface area (Å²) in [4.78, 5) is 29.8. The minimum Gasteiger partial charge on any atom is -0.336 e. The Hall–Kier alpha value is -2.41. The van der Waals surface area contributed by atoms with Crippen LogP contribution in [0.4, 0.5) is 10.1 Å². The molecule has 8 heteroatoms. The Labute approximate surface area is 161 Å². The Morgan fingerprint density at radius 2 is 2.26 bits per heavy atom. The van der Waals surface area contributed by atoms with Crippen molar-refractivity contribution < 1.29 is 9.18 Å². The summed E-state index contributed by atoms with van der Waals surface area (Å²) in [5.41, 5.74) is -1.04. The number of hydrogen-bond donors (Lipinski definition) is 2. The van der Waals surface area contributed by atoms with Crippen LogP contribution < -0.4 is 16.2 Å². The summed E-state index contributed by atoms with van der Waals surface area (Å²) in [5, 5.41) is 5.69. The zero-order valence-electron chi connectivity index (χ0n) is 15.3. The maximum atomic E-state index is 14.9. The van der Waals surface area contributed by atoms with Crippen molar-refractivity contribution in [3.05, 3.63) is 51.2 Å². The molecule has 144 valence electrons. The van der Waals surface area contributed by atoms with Gasteiger partial charge in [0.1, 0.15) is 23.4 Å². The van der Waals surface area contributed by atoms with Gasteiger partial charge in [-0.1, -0.05) is 30.2 Å². The average molecular weight is 393 g/mol. The molecule has 2 atom stereocenters. The molecule has 2 unspecified atom stereocenters. The third kappa shape index (κ3) is 3.32. The maximum Gasteiger partial charge on any atom is 0.277 e. The first-order valence-corrected chi connectivity index (χ1v) is 9.23. The Morgan fingerprint density at radius 3 is 2.89 bits per heavy atom. The van der Waals surface area contributed by atoms with E-state index in [2.05, 4.69) is 22.2 Å². The van der Waals surface area contributed by atoms with Crippen molar-refractivity contribution in [1.29, 1.82) is 0 Å². The summed E-state index contributed by atoms with van der Waals surface area (Å²) in [6, 6.07) is 1.38. The highest BCUT2D eigenvalue weighted by Gasteiger charge is 2.51. The molecule has 0 aromatic carbocycles. The van der Waals surface area contributed by atoms with E-state index < -0.39 is 23.3 Å². The molecular weight excluding hydrogens is 371 g/mol. The second-order valence-corrected chi connectivity index (χ2v) is 7.28. The van der Waals surface area contributed by atoms with Crippen LogP contribution in [0.1, 0.15) is 50.0 Å². The molecule has 6 nitrogen and oxygen atoms in total. The van der Waals surface area contributed by atoms with E-state index in [1.807, 2.05) is 0 Å². The van der Waals surface area contributed by atoms with E-state index in [-0.39, 0.29) is 22.8 Å². The normalized spacial score (nSPS) is 25.0. The van der Waals surface area contributed by atoms with Crippen LogP contribution in [0.15, 0.2) is 39.9 Å².